The second-order valence-electron chi connectivity index (χ2n) is 7.82. The molecule has 36 heavy (non-hydrogen) atoms. The second-order valence-corrected chi connectivity index (χ2v) is 8.17. The number of fused-ring (bicyclic) bond motifs is 1. The summed E-state index contributed by atoms with van der Waals surface area (Å²) >= 11 is 6.49. The first kappa shape index (κ1) is 23.0. The zero-order chi connectivity index (χ0) is 25.2. The van der Waals surface area contributed by atoms with E-state index in [0.717, 1.165) is 10.4 Å². The van der Waals surface area contributed by atoms with E-state index in [0.29, 0.717) is 22.2 Å². The number of carbonyl (C=O) groups is 1. The molecule has 4 aromatic rings. The molecule has 0 radical (unpaired) electrons. The van der Waals surface area contributed by atoms with Crippen LogP contribution in [-0.4, -0.2) is 31.8 Å². The fraction of sp³-hybridized carbons (Fsp3) is 0.0385. The smallest absolute Gasteiger partial charge is 0.270 e. The van der Waals surface area contributed by atoms with Gasteiger partial charge in [-0.3, -0.25) is 14.9 Å². The SMILES string of the molecule is O=C(/C=C/c1ccccc1O)N1N=C(c2ccc([N+](=O)[O-])cc2)OC1c1cc2ccccc2nc1Cl. The Morgan fingerprint density at radius 1 is 1.08 bits per heavy atom. The molecule has 178 valence electrons. The van der Waals surface area contributed by atoms with Gasteiger partial charge >= 0.3 is 0 Å². The Balaban J connectivity index is 1.54. The molecule has 10 heteroatoms. The molecule has 1 atom stereocenters. The molecular weight excluding hydrogens is 484 g/mol. The summed E-state index contributed by atoms with van der Waals surface area (Å²) in [5, 5.41) is 27.4. The first-order valence-electron chi connectivity index (χ1n) is 10.8. The predicted molar refractivity (Wildman–Crippen MR) is 134 cm³/mol. The molecule has 0 aliphatic carbocycles. The van der Waals surface area contributed by atoms with Crippen molar-refractivity contribution in [3.63, 3.8) is 0 Å². The van der Waals surface area contributed by atoms with Gasteiger partial charge < -0.3 is 9.84 Å². The van der Waals surface area contributed by atoms with Gasteiger partial charge in [-0.05, 0) is 36.4 Å². The first-order valence-corrected chi connectivity index (χ1v) is 11.1. The fourth-order valence-corrected chi connectivity index (χ4v) is 3.93. The molecule has 1 aliphatic rings. The van der Waals surface area contributed by atoms with Crippen LogP contribution in [0.4, 0.5) is 5.69 Å². The highest BCUT2D eigenvalue weighted by molar-refractivity contribution is 6.30. The number of pyridine rings is 1. The lowest BCUT2D eigenvalue weighted by atomic mass is 10.1. The number of carbonyl (C=O) groups excluding carboxylic acids is 1. The Bertz CT molecular complexity index is 1550. The van der Waals surface area contributed by atoms with E-state index < -0.39 is 17.1 Å². The lowest BCUT2D eigenvalue weighted by molar-refractivity contribution is -0.384. The number of amides is 1. The minimum Gasteiger partial charge on any atom is -0.507 e. The van der Waals surface area contributed by atoms with Crippen LogP contribution in [0.2, 0.25) is 5.15 Å². The first-order chi connectivity index (χ1) is 17.4. The molecule has 1 unspecified atom stereocenters. The molecule has 9 nitrogen and oxygen atoms in total. The van der Waals surface area contributed by atoms with Gasteiger partial charge in [-0.1, -0.05) is 48.0 Å². The molecule has 0 spiro atoms. The van der Waals surface area contributed by atoms with Crippen molar-refractivity contribution >= 4 is 46.1 Å². The van der Waals surface area contributed by atoms with Crippen LogP contribution in [0.5, 0.6) is 5.75 Å². The number of hydrogen-bond donors (Lipinski definition) is 1. The third-order valence-corrected chi connectivity index (χ3v) is 5.81. The molecular formula is C26H17ClN4O5. The Labute approximate surface area is 209 Å². The summed E-state index contributed by atoms with van der Waals surface area (Å²) in [6.07, 6.45) is 1.69. The number of halogens is 1. The molecule has 5 rings (SSSR count). The Kier molecular flexibility index (Phi) is 6.05. The van der Waals surface area contributed by atoms with Crippen molar-refractivity contribution in [3.05, 3.63) is 117 Å². The van der Waals surface area contributed by atoms with Gasteiger partial charge in [-0.15, -0.1) is 5.10 Å². The number of ether oxygens (including phenoxy) is 1. The van der Waals surface area contributed by atoms with Crippen molar-refractivity contribution < 1.29 is 19.6 Å². The lowest BCUT2D eigenvalue weighted by Gasteiger charge is -2.20. The number of rotatable bonds is 5. The van der Waals surface area contributed by atoms with Crippen LogP contribution < -0.4 is 0 Å². The number of nitrogens with zero attached hydrogens (tertiary/aromatic N) is 4. The van der Waals surface area contributed by atoms with E-state index in [1.807, 2.05) is 24.3 Å². The van der Waals surface area contributed by atoms with Crippen LogP contribution >= 0.6 is 11.6 Å². The average molecular weight is 501 g/mol. The number of nitro benzene ring substituents is 1. The van der Waals surface area contributed by atoms with Gasteiger partial charge in [0.25, 0.3) is 11.6 Å². The Morgan fingerprint density at radius 2 is 1.81 bits per heavy atom. The van der Waals surface area contributed by atoms with E-state index >= 15 is 0 Å². The van der Waals surface area contributed by atoms with Crippen molar-refractivity contribution in [1.29, 1.82) is 0 Å². The number of aromatic hydroxyl groups is 1. The van der Waals surface area contributed by atoms with Crippen LogP contribution in [0.1, 0.15) is 22.9 Å². The van der Waals surface area contributed by atoms with Crippen molar-refractivity contribution in [2.45, 2.75) is 6.23 Å². The molecule has 1 amide bonds. The molecule has 1 aromatic heterocycles. The highest BCUT2D eigenvalue weighted by Crippen LogP contribution is 2.35. The fourth-order valence-electron chi connectivity index (χ4n) is 3.69. The monoisotopic (exact) mass is 500 g/mol. The van der Waals surface area contributed by atoms with Crippen LogP contribution in [0.3, 0.4) is 0 Å². The zero-order valence-corrected chi connectivity index (χ0v) is 19.2. The molecule has 0 fully saturated rings. The Hall–Kier alpha value is -4.76. The van der Waals surface area contributed by atoms with E-state index in [2.05, 4.69) is 10.1 Å². The molecule has 0 saturated carbocycles. The molecule has 0 saturated heterocycles. The Morgan fingerprint density at radius 3 is 2.56 bits per heavy atom. The summed E-state index contributed by atoms with van der Waals surface area (Å²) in [5.74, 6) is -0.430. The van der Waals surface area contributed by atoms with Gasteiger partial charge in [-0.25, -0.2) is 4.98 Å². The highest BCUT2D eigenvalue weighted by atomic mass is 35.5. The third-order valence-electron chi connectivity index (χ3n) is 5.51. The predicted octanol–water partition coefficient (Wildman–Crippen LogP) is 5.43. The average Bonchev–Trinajstić information content (AvgIpc) is 3.33. The number of benzene rings is 3. The van der Waals surface area contributed by atoms with E-state index in [4.69, 9.17) is 16.3 Å². The largest absolute Gasteiger partial charge is 0.507 e. The molecule has 0 bridgehead atoms. The maximum Gasteiger partial charge on any atom is 0.270 e. The van der Waals surface area contributed by atoms with E-state index in [-0.39, 0.29) is 22.5 Å². The number of hydrogen-bond acceptors (Lipinski definition) is 7. The quantitative estimate of drug-likeness (QED) is 0.169. The number of non-ortho nitro benzene ring substituents is 1. The second kappa shape index (κ2) is 9.47. The summed E-state index contributed by atoms with van der Waals surface area (Å²) in [6.45, 7) is 0. The van der Waals surface area contributed by atoms with Gasteiger partial charge in [0, 0.05) is 34.7 Å². The van der Waals surface area contributed by atoms with Crippen LogP contribution in [-0.2, 0) is 9.53 Å². The van der Waals surface area contributed by atoms with Gasteiger partial charge in [0.2, 0.25) is 12.1 Å². The van der Waals surface area contributed by atoms with Gasteiger partial charge in [0.1, 0.15) is 10.9 Å². The number of hydrazone groups is 1. The van der Waals surface area contributed by atoms with E-state index in [9.17, 15) is 20.0 Å². The summed E-state index contributed by atoms with van der Waals surface area (Å²) in [6, 6.07) is 21.3. The minimum absolute atomic E-state index is 0.0209. The summed E-state index contributed by atoms with van der Waals surface area (Å²) < 4.78 is 6.05. The van der Waals surface area contributed by atoms with Gasteiger partial charge in [0.05, 0.1) is 16.0 Å². The number of nitro groups is 1. The van der Waals surface area contributed by atoms with Crippen LogP contribution in [0.15, 0.2) is 90.0 Å². The summed E-state index contributed by atoms with van der Waals surface area (Å²) in [4.78, 5) is 28.1. The van der Waals surface area contributed by atoms with E-state index in [1.54, 1.807) is 24.3 Å². The maximum atomic E-state index is 13.2. The topological polar surface area (TPSA) is 118 Å². The van der Waals surface area contributed by atoms with Crippen molar-refractivity contribution in [1.82, 2.24) is 9.99 Å². The van der Waals surface area contributed by atoms with Gasteiger partial charge in [-0.2, -0.15) is 5.01 Å². The molecule has 1 N–H and O–H groups in total. The molecule has 2 heterocycles. The van der Waals surface area contributed by atoms with Crippen LogP contribution in [0.25, 0.3) is 17.0 Å². The zero-order valence-electron chi connectivity index (χ0n) is 18.5. The van der Waals surface area contributed by atoms with Crippen molar-refractivity contribution in [3.8, 4) is 5.75 Å². The van der Waals surface area contributed by atoms with Crippen molar-refractivity contribution in [2.24, 2.45) is 5.10 Å². The lowest BCUT2D eigenvalue weighted by Crippen LogP contribution is -2.26. The van der Waals surface area contributed by atoms with Crippen molar-refractivity contribution in [2.75, 3.05) is 0 Å². The number of phenols is 1. The third kappa shape index (κ3) is 4.47. The summed E-state index contributed by atoms with van der Waals surface area (Å²) in [5.41, 5.74) is 1.90. The van der Waals surface area contributed by atoms with Crippen LogP contribution in [0, 0.1) is 10.1 Å². The molecule has 3 aromatic carbocycles. The molecule has 1 aliphatic heterocycles. The maximum absolute atomic E-state index is 13.2. The number of para-hydroxylation sites is 2. The minimum atomic E-state index is -1.04. The highest BCUT2D eigenvalue weighted by Gasteiger charge is 2.36. The van der Waals surface area contributed by atoms with Gasteiger partial charge in [0.15, 0.2) is 0 Å². The van der Waals surface area contributed by atoms with E-state index in [1.165, 1.54) is 42.5 Å². The standard InChI is InChI=1S/C26H17ClN4O5/c27-24-20(15-18-6-1-3-7-21(18)28-24)26-30(23(33)14-11-16-5-2-4-8-22(16)32)29-25(36-26)17-9-12-19(13-10-17)31(34)35/h1-15,26,32H/b14-11+. The normalized spacial score (nSPS) is 15.2. The number of aromatic nitrogens is 1. The summed E-state index contributed by atoms with van der Waals surface area (Å²) in [7, 11) is 0. The number of phenolic OH excluding ortho intramolecular Hbond substituents is 1.